The summed E-state index contributed by atoms with van der Waals surface area (Å²) in [4.78, 5) is 24.4. The van der Waals surface area contributed by atoms with E-state index >= 15 is 0 Å². The molecule has 1 aromatic heterocycles. The third kappa shape index (κ3) is 3.93. The second kappa shape index (κ2) is 8.57. The monoisotopic (exact) mass is 415 g/mol. The van der Waals surface area contributed by atoms with Crippen LogP contribution in [0.25, 0.3) is 16.6 Å². The Labute approximate surface area is 173 Å². The molecule has 0 spiro atoms. The lowest BCUT2D eigenvalue weighted by molar-refractivity contribution is -0.134. The van der Waals surface area contributed by atoms with E-state index in [1.54, 1.807) is 45.2 Å². The molecule has 3 aromatic rings. The van der Waals surface area contributed by atoms with E-state index in [9.17, 15) is 9.59 Å². The van der Waals surface area contributed by atoms with Crippen LogP contribution in [0, 0.1) is 6.92 Å². The second-order valence-electron chi connectivity index (χ2n) is 6.34. The molecule has 0 bridgehead atoms. The van der Waals surface area contributed by atoms with E-state index in [0.717, 1.165) is 11.2 Å². The van der Waals surface area contributed by atoms with Gasteiger partial charge in [-0.15, -0.1) is 0 Å². The fourth-order valence-corrected chi connectivity index (χ4v) is 3.50. The van der Waals surface area contributed by atoms with Crippen molar-refractivity contribution in [3.63, 3.8) is 0 Å². The van der Waals surface area contributed by atoms with E-state index in [1.807, 2.05) is 23.6 Å². The van der Waals surface area contributed by atoms with Gasteiger partial charge in [0.25, 0.3) is 0 Å². The molecule has 7 heteroatoms. The van der Waals surface area contributed by atoms with Crippen LogP contribution in [0.3, 0.4) is 0 Å². The number of hydrogen-bond donors (Lipinski definition) is 0. The van der Waals surface area contributed by atoms with Gasteiger partial charge in [0.05, 0.1) is 29.8 Å². The molecular formula is C22H22ClNO5. The topological polar surface area (TPSA) is 66.8 Å². The minimum atomic E-state index is -0.438. The zero-order chi connectivity index (χ0) is 21.1. The third-order valence-electron chi connectivity index (χ3n) is 4.57. The van der Waals surface area contributed by atoms with Gasteiger partial charge in [0.15, 0.2) is 0 Å². The van der Waals surface area contributed by atoms with Crippen molar-refractivity contribution in [1.29, 1.82) is 0 Å². The molecular weight excluding hydrogens is 394 g/mol. The molecule has 29 heavy (non-hydrogen) atoms. The summed E-state index contributed by atoms with van der Waals surface area (Å²) in [6.07, 6.45) is 0.257. The molecule has 0 unspecified atom stereocenters. The molecule has 0 fully saturated rings. The number of methoxy groups -OCH3 is 1. The molecule has 0 N–H and O–H groups in total. The Bertz CT molecular complexity index is 1090. The molecule has 3 rings (SSSR count). The number of carbonyl (C=O) groups excluding carboxylic acids is 2. The van der Waals surface area contributed by atoms with Crippen LogP contribution in [-0.2, 0) is 9.53 Å². The maximum Gasteiger partial charge on any atom is 0.340 e. The zero-order valence-electron chi connectivity index (χ0n) is 16.7. The Morgan fingerprint density at radius 3 is 2.48 bits per heavy atom. The predicted molar refractivity (Wildman–Crippen MR) is 111 cm³/mol. The van der Waals surface area contributed by atoms with Crippen molar-refractivity contribution in [1.82, 2.24) is 4.57 Å². The molecule has 1 heterocycles. The van der Waals surface area contributed by atoms with Gasteiger partial charge >= 0.3 is 11.9 Å². The van der Waals surface area contributed by atoms with E-state index in [2.05, 4.69) is 0 Å². The summed E-state index contributed by atoms with van der Waals surface area (Å²) < 4.78 is 17.7. The number of esters is 2. The van der Waals surface area contributed by atoms with E-state index in [0.29, 0.717) is 33.2 Å². The minimum absolute atomic E-state index is 0.254. The van der Waals surface area contributed by atoms with Crippen molar-refractivity contribution in [2.24, 2.45) is 0 Å². The van der Waals surface area contributed by atoms with E-state index in [-0.39, 0.29) is 19.0 Å². The van der Waals surface area contributed by atoms with Crippen molar-refractivity contribution >= 4 is 34.4 Å². The van der Waals surface area contributed by atoms with Crippen LogP contribution in [0.15, 0.2) is 36.4 Å². The van der Waals surface area contributed by atoms with Gasteiger partial charge < -0.3 is 18.8 Å². The molecule has 0 aliphatic carbocycles. The van der Waals surface area contributed by atoms with Crippen molar-refractivity contribution < 1.29 is 23.8 Å². The Morgan fingerprint density at radius 1 is 1.10 bits per heavy atom. The fraction of sp³-hybridized carbons (Fsp3) is 0.273. The highest BCUT2D eigenvalue weighted by Crippen LogP contribution is 2.35. The molecule has 0 saturated heterocycles. The Morgan fingerprint density at radius 2 is 1.86 bits per heavy atom. The average molecular weight is 416 g/mol. The average Bonchev–Trinajstić information content (AvgIpc) is 2.99. The van der Waals surface area contributed by atoms with Crippen molar-refractivity contribution in [2.45, 2.75) is 27.2 Å². The molecule has 0 aliphatic heterocycles. The predicted octanol–water partition coefficient (Wildman–Crippen LogP) is 5.09. The van der Waals surface area contributed by atoms with Gasteiger partial charge in [-0.3, -0.25) is 4.79 Å². The van der Waals surface area contributed by atoms with Crippen LogP contribution in [0.5, 0.6) is 11.5 Å². The number of halogens is 1. The number of hydrogen-bond acceptors (Lipinski definition) is 5. The highest BCUT2D eigenvalue weighted by Gasteiger charge is 2.23. The van der Waals surface area contributed by atoms with E-state index in [4.69, 9.17) is 25.8 Å². The fourth-order valence-electron chi connectivity index (χ4n) is 3.25. The van der Waals surface area contributed by atoms with Gasteiger partial charge in [0.1, 0.15) is 11.5 Å². The van der Waals surface area contributed by atoms with Gasteiger partial charge in [-0.05, 0) is 50.2 Å². The Balaban J connectivity index is 2.24. The summed E-state index contributed by atoms with van der Waals surface area (Å²) in [6.45, 7) is 5.56. The third-order valence-corrected chi connectivity index (χ3v) is 4.86. The minimum Gasteiger partial charge on any atom is -0.495 e. The quantitative estimate of drug-likeness (QED) is 0.414. The van der Waals surface area contributed by atoms with Crippen LogP contribution >= 0.6 is 11.6 Å². The smallest absolute Gasteiger partial charge is 0.340 e. The number of aromatic nitrogens is 1. The number of nitrogens with zero attached hydrogens (tertiary/aromatic N) is 1. The van der Waals surface area contributed by atoms with Crippen molar-refractivity contribution in [3.05, 3.63) is 52.7 Å². The van der Waals surface area contributed by atoms with Crippen molar-refractivity contribution in [3.8, 4) is 17.2 Å². The van der Waals surface area contributed by atoms with Crippen LogP contribution in [0.1, 0.15) is 36.3 Å². The first-order chi connectivity index (χ1) is 13.9. The molecule has 2 aromatic carbocycles. The number of carbonyl (C=O) groups is 2. The molecule has 0 radical (unpaired) electrons. The maximum atomic E-state index is 12.7. The lowest BCUT2D eigenvalue weighted by Crippen LogP contribution is -2.07. The second-order valence-corrected chi connectivity index (χ2v) is 6.75. The molecule has 152 valence electrons. The highest BCUT2D eigenvalue weighted by molar-refractivity contribution is 6.32. The number of rotatable bonds is 6. The summed E-state index contributed by atoms with van der Waals surface area (Å²) in [5.41, 5.74) is 2.65. The first-order valence-electron chi connectivity index (χ1n) is 9.28. The number of benzene rings is 2. The zero-order valence-corrected chi connectivity index (χ0v) is 17.5. The molecule has 0 amide bonds. The summed E-state index contributed by atoms with van der Waals surface area (Å²) in [6, 6.07) is 10.6. The molecule has 0 atom stereocenters. The van der Waals surface area contributed by atoms with Gasteiger partial charge in [-0.25, -0.2) is 4.79 Å². The van der Waals surface area contributed by atoms with Crippen LogP contribution in [0.2, 0.25) is 5.02 Å². The van der Waals surface area contributed by atoms with E-state index < -0.39 is 5.97 Å². The highest BCUT2D eigenvalue weighted by atomic mass is 35.5. The van der Waals surface area contributed by atoms with Gasteiger partial charge in [0, 0.05) is 23.2 Å². The maximum absolute atomic E-state index is 12.7. The summed E-state index contributed by atoms with van der Waals surface area (Å²) in [7, 11) is 1.55. The lowest BCUT2D eigenvalue weighted by atomic mass is 10.1. The summed E-state index contributed by atoms with van der Waals surface area (Å²) >= 11 is 6.31. The summed E-state index contributed by atoms with van der Waals surface area (Å²) in [5.74, 6) is 0.149. The number of fused-ring (bicyclic) bond motifs is 1. The first kappa shape index (κ1) is 20.7. The van der Waals surface area contributed by atoms with Crippen molar-refractivity contribution in [2.75, 3.05) is 13.7 Å². The Hall–Kier alpha value is -2.99. The van der Waals surface area contributed by atoms with Crippen LogP contribution in [-0.4, -0.2) is 30.2 Å². The van der Waals surface area contributed by atoms with E-state index in [1.165, 1.54) is 0 Å². The first-order valence-corrected chi connectivity index (χ1v) is 9.65. The van der Waals surface area contributed by atoms with Crippen LogP contribution in [0.4, 0.5) is 0 Å². The largest absolute Gasteiger partial charge is 0.495 e. The normalized spacial score (nSPS) is 10.8. The Kier molecular flexibility index (Phi) is 6.13. The van der Waals surface area contributed by atoms with Gasteiger partial charge in [-0.1, -0.05) is 18.5 Å². The summed E-state index contributed by atoms with van der Waals surface area (Å²) in [5, 5.41) is 1.09. The molecule has 0 saturated carbocycles. The van der Waals surface area contributed by atoms with Crippen LogP contribution < -0.4 is 9.47 Å². The van der Waals surface area contributed by atoms with Gasteiger partial charge in [-0.2, -0.15) is 0 Å². The standard InChI is InChI=1S/C22H22ClNO5/c1-5-20(25)29-15-8-9-18-16(12-15)21(22(26)28-6-2)13(3)24(18)14-7-10-19(27-4)17(23)11-14/h7-12H,5-6H2,1-4H3. The van der Waals surface area contributed by atoms with Gasteiger partial charge in [0.2, 0.25) is 0 Å². The lowest BCUT2D eigenvalue weighted by Gasteiger charge is -2.11. The molecule has 0 aliphatic rings. The SMILES string of the molecule is CCOC(=O)c1c(C)n(-c2ccc(OC)c(Cl)c2)c2ccc(OC(=O)CC)cc12. The number of ether oxygens (including phenoxy) is 3. The molecule has 6 nitrogen and oxygen atoms in total.